The highest BCUT2D eigenvalue weighted by Gasteiger charge is 2.16. The third kappa shape index (κ3) is 3.00. The Hall–Kier alpha value is -1.85. The lowest BCUT2D eigenvalue weighted by atomic mass is 10.0. The molecular formula is C15H20N2O3. The number of hydrogen-bond acceptors (Lipinski definition) is 3. The lowest BCUT2D eigenvalue weighted by Crippen LogP contribution is -2.36. The molecule has 5 nitrogen and oxygen atoms in total. The first-order valence-electron chi connectivity index (χ1n) is 6.72. The summed E-state index contributed by atoms with van der Waals surface area (Å²) in [6.45, 7) is 2.32. The zero-order chi connectivity index (χ0) is 14.5. The van der Waals surface area contributed by atoms with Crippen molar-refractivity contribution in [2.24, 2.45) is 0 Å². The number of carbonyl (C=O) groups excluding carboxylic acids is 1. The van der Waals surface area contributed by atoms with Crippen LogP contribution in [0.4, 0.5) is 0 Å². The van der Waals surface area contributed by atoms with Gasteiger partial charge in [-0.3, -0.25) is 4.79 Å². The van der Waals surface area contributed by atoms with Gasteiger partial charge in [0, 0.05) is 30.2 Å². The van der Waals surface area contributed by atoms with Gasteiger partial charge in [0.2, 0.25) is 5.91 Å². The Morgan fingerprint density at radius 3 is 2.60 bits per heavy atom. The van der Waals surface area contributed by atoms with Crippen molar-refractivity contribution >= 4 is 16.8 Å². The van der Waals surface area contributed by atoms with Gasteiger partial charge in [0.15, 0.2) is 0 Å². The minimum Gasteiger partial charge on any atom is -0.395 e. The first kappa shape index (κ1) is 14.6. The summed E-state index contributed by atoms with van der Waals surface area (Å²) in [4.78, 5) is 16.9. The predicted molar refractivity (Wildman–Crippen MR) is 77.5 cm³/mol. The van der Waals surface area contributed by atoms with Crippen LogP contribution in [-0.4, -0.2) is 52.3 Å². The Labute approximate surface area is 117 Å². The van der Waals surface area contributed by atoms with Crippen LogP contribution >= 0.6 is 0 Å². The number of fused-ring (bicyclic) bond motifs is 1. The molecule has 0 atom stereocenters. The van der Waals surface area contributed by atoms with E-state index < -0.39 is 0 Å². The zero-order valence-electron chi connectivity index (χ0n) is 11.6. The van der Waals surface area contributed by atoms with Gasteiger partial charge in [-0.25, -0.2) is 0 Å². The van der Waals surface area contributed by atoms with Gasteiger partial charge in [-0.1, -0.05) is 12.1 Å². The number of carbonyl (C=O) groups is 1. The van der Waals surface area contributed by atoms with Crippen LogP contribution in [0.2, 0.25) is 0 Å². The van der Waals surface area contributed by atoms with Crippen molar-refractivity contribution in [2.45, 2.75) is 13.3 Å². The number of rotatable bonds is 6. The average Bonchev–Trinajstić information content (AvgIpc) is 2.83. The number of amides is 1. The molecule has 0 aliphatic rings. The molecule has 2 aromatic rings. The fraction of sp³-hybridized carbons (Fsp3) is 0.400. The molecule has 0 radical (unpaired) electrons. The Balaban J connectivity index is 2.21. The van der Waals surface area contributed by atoms with E-state index in [2.05, 4.69) is 4.98 Å². The van der Waals surface area contributed by atoms with Crippen molar-refractivity contribution in [3.05, 3.63) is 35.5 Å². The molecule has 0 aliphatic carbocycles. The smallest absolute Gasteiger partial charge is 0.227 e. The largest absolute Gasteiger partial charge is 0.395 e. The molecule has 2 rings (SSSR count). The third-order valence-corrected chi connectivity index (χ3v) is 3.43. The number of aromatic nitrogens is 1. The van der Waals surface area contributed by atoms with E-state index in [9.17, 15) is 4.79 Å². The maximum absolute atomic E-state index is 12.2. The van der Waals surface area contributed by atoms with E-state index in [0.29, 0.717) is 0 Å². The van der Waals surface area contributed by atoms with Crippen molar-refractivity contribution in [1.82, 2.24) is 9.88 Å². The summed E-state index contributed by atoms with van der Waals surface area (Å²) in [5.41, 5.74) is 3.09. The highest BCUT2D eigenvalue weighted by Crippen LogP contribution is 2.22. The molecule has 0 bridgehead atoms. The maximum atomic E-state index is 12.2. The molecule has 1 aromatic carbocycles. The van der Waals surface area contributed by atoms with Crippen molar-refractivity contribution < 1.29 is 15.0 Å². The van der Waals surface area contributed by atoms with E-state index in [1.165, 1.54) is 4.90 Å². The number of H-pyrrole nitrogens is 1. The SMILES string of the molecule is Cc1cccc2[nH]cc(CC(=O)N(CCO)CCO)c12. The van der Waals surface area contributed by atoms with E-state index in [4.69, 9.17) is 10.2 Å². The van der Waals surface area contributed by atoms with Crippen LogP contribution in [0.25, 0.3) is 10.9 Å². The van der Waals surface area contributed by atoms with Gasteiger partial charge in [-0.2, -0.15) is 0 Å². The fourth-order valence-corrected chi connectivity index (χ4v) is 2.47. The second-order valence-electron chi connectivity index (χ2n) is 4.82. The lowest BCUT2D eigenvalue weighted by Gasteiger charge is -2.20. The summed E-state index contributed by atoms with van der Waals surface area (Å²) in [6.07, 6.45) is 2.12. The van der Waals surface area contributed by atoms with Crippen LogP contribution in [0.1, 0.15) is 11.1 Å². The Kier molecular flexibility index (Phi) is 4.76. The monoisotopic (exact) mass is 276 g/mol. The van der Waals surface area contributed by atoms with Crippen LogP contribution in [0, 0.1) is 6.92 Å². The van der Waals surface area contributed by atoms with Crippen LogP contribution in [-0.2, 0) is 11.2 Å². The van der Waals surface area contributed by atoms with Gasteiger partial charge in [-0.15, -0.1) is 0 Å². The topological polar surface area (TPSA) is 76.6 Å². The van der Waals surface area contributed by atoms with E-state index in [0.717, 1.165) is 22.0 Å². The molecule has 0 aliphatic heterocycles. The molecule has 0 saturated carbocycles. The number of aliphatic hydroxyl groups excluding tert-OH is 2. The second kappa shape index (κ2) is 6.54. The van der Waals surface area contributed by atoms with Crippen LogP contribution in [0.15, 0.2) is 24.4 Å². The molecule has 0 fully saturated rings. The molecule has 1 aromatic heterocycles. The molecule has 108 valence electrons. The molecule has 5 heteroatoms. The minimum absolute atomic E-state index is 0.0859. The third-order valence-electron chi connectivity index (χ3n) is 3.43. The standard InChI is InChI=1S/C15H20N2O3/c1-11-3-2-4-13-15(11)12(10-16-13)9-14(20)17(5-7-18)6-8-19/h2-4,10,16,18-19H,5-9H2,1H3. The molecule has 20 heavy (non-hydrogen) atoms. The summed E-state index contributed by atoms with van der Waals surface area (Å²) in [6, 6.07) is 5.97. The number of nitrogens with zero attached hydrogens (tertiary/aromatic N) is 1. The summed E-state index contributed by atoms with van der Waals surface area (Å²) >= 11 is 0. The maximum Gasteiger partial charge on any atom is 0.227 e. The highest BCUT2D eigenvalue weighted by molar-refractivity contribution is 5.91. The van der Waals surface area contributed by atoms with E-state index in [-0.39, 0.29) is 38.6 Å². The Morgan fingerprint density at radius 1 is 1.25 bits per heavy atom. The van der Waals surface area contributed by atoms with E-state index in [1.54, 1.807) is 0 Å². The molecular weight excluding hydrogens is 256 g/mol. The van der Waals surface area contributed by atoms with Crippen molar-refractivity contribution in [3.63, 3.8) is 0 Å². The average molecular weight is 276 g/mol. The normalized spacial score (nSPS) is 10.9. The Morgan fingerprint density at radius 2 is 1.95 bits per heavy atom. The van der Waals surface area contributed by atoms with Gasteiger partial charge in [-0.05, 0) is 24.1 Å². The molecule has 1 amide bonds. The first-order chi connectivity index (χ1) is 9.67. The second-order valence-corrected chi connectivity index (χ2v) is 4.82. The van der Waals surface area contributed by atoms with Gasteiger partial charge in [0.25, 0.3) is 0 Å². The summed E-state index contributed by atoms with van der Waals surface area (Å²) in [7, 11) is 0. The van der Waals surface area contributed by atoms with Gasteiger partial charge >= 0.3 is 0 Å². The predicted octanol–water partition coefficient (Wildman–Crippen LogP) is 0.832. The minimum atomic E-state index is -0.0986. The van der Waals surface area contributed by atoms with E-state index >= 15 is 0 Å². The van der Waals surface area contributed by atoms with E-state index in [1.807, 2.05) is 31.3 Å². The van der Waals surface area contributed by atoms with Crippen molar-refractivity contribution in [1.29, 1.82) is 0 Å². The van der Waals surface area contributed by atoms with Crippen molar-refractivity contribution in [2.75, 3.05) is 26.3 Å². The summed E-state index contributed by atoms with van der Waals surface area (Å²) in [5, 5.41) is 19.0. The van der Waals surface area contributed by atoms with Crippen LogP contribution in [0.5, 0.6) is 0 Å². The van der Waals surface area contributed by atoms with Gasteiger partial charge in [0.1, 0.15) is 0 Å². The zero-order valence-corrected chi connectivity index (χ0v) is 11.6. The van der Waals surface area contributed by atoms with Crippen molar-refractivity contribution in [3.8, 4) is 0 Å². The molecule has 0 spiro atoms. The van der Waals surface area contributed by atoms with Crippen LogP contribution < -0.4 is 0 Å². The van der Waals surface area contributed by atoms with Gasteiger partial charge < -0.3 is 20.1 Å². The number of nitrogens with one attached hydrogen (secondary N) is 1. The molecule has 0 saturated heterocycles. The fourth-order valence-electron chi connectivity index (χ4n) is 2.47. The summed E-state index contributed by atoms with van der Waals surface area (Å²) in [5.74, 6) is -0.0859. The Bertz CT molecular complexity index is 586. The number of aliphatic hydroxyl groups is 2. The molecule has 1 heterocycles. The number of aromatic amines is 1. The summed E-state index contributed by atoms with van der Waals surface area (Å²) < 4.78 is 0. The number of hydrogen-bond donors (Lipinski definition) is 3. The van der Waals surface area contributed by atoms with Crippen LogP contribution in [0.3, 0.4) is 0 Å². The lowest BCUT2D eigenvalue weighted by molar-refractivity contribution is -0.131. The van der Waals surface area contributed by atoms with Gasteiger partial charge in [0.05, 0.1) is 19.6 Å². The number of aryl methyl sites for hydroxylation is 1. The number of benzene rings is 1. The molecule has 0 unspecified atom stereocenters. The first-order valence-corrected chi connectivity index (χ1v) is 6.72. The highest BCUT2D eigenvalue weighted by atomic mass is 16.3. The quantitative estimate of drug-likeness (QED) is 0.731. The molecule has 3 N–H and O–H groups in total.